The Labute approximate surface area is 129 Å². The van der Waals surface area contributed by atoms with E-state index >= 15 is 0 Å². The summed E-state index contributed by atoms with van der Waals surface area (Å²) >= 11 is 0. The van der Waals surface area contributed by atoms with Crippen LogP contribution in [0, 0.1) is 12.3 Å². The number of carbonyl (C=O) groups is 2. The van der Waals surface area contributed by atoms with Crippen LogP contribution in [0.2, 0.25) is 0 Å². The number of piperidine rings is 1. The van der Waals surface area contributed by atoms with Gasteiger partial charge in [-0.05, 0) is 37.5 Å². The number of aliphatic carboxylic acids is 1. The maximum atomic E-state index is 12.6. The van der Waals surface area contributed by atoms with Crippen LogP contribution in [0.25, 0.3) is 0 Å². The molecule has 120 valence electrons. The molecule has 0 aromatic heterocycles. The number of methoxy groups -OCH3 is 1. The molecule has 1 fully saturated rings. The van der Waals surface area contributed by atoms with Crippen molar-refractivity contribution >= 4 is 11.9 Å². The summed E-state index contributed by atoms with van der Waals surface area (Å²) in [5.74, 6) is -1.39. The number of hydrogen-bond acceptors (Lipinski definition) is 4. The predicted molar refractivity (Wildman–Crippen MR) is 79.9 cm³/mol. The van der Waals surface area contributed by atoms with E-state index in [2.05, 4.69) is 0 Å². The maximum Gasteiger partial charge on any atom is 0.313 e. The summed E-state index contributed by atoms with van der Waals surface area (Å²) in [6.45, 7) is 2.45. The second-order valence-electron chi connectivity index (χ2n) is 5.87. The molecule has 1 atom stereocenters. The summed E-state index contributed by atoms with van der Waals surface area (Å²) in [6, 6.07) is 4.84. The number of hydrogen-bond donors (Lipinski definition) is 2. The Hall–Kier alpha value is -2.08. The van der Waals surface area contributed by atoms with Gasteiger partial charge in [0.25, 0.3) is 5.91 Å². The predicted octanol–water partition coefficient (Wildman–Crippen LogP) is 1.65. The number of aromatic hydroxyl groups is 1. The average Bonchev–Trinajstić information content (AvgIpc) is 2.47. The summed E-state index contributed by atoms with van der Waals surface area (Å²) in [5.41, 5.74) is -0.0284. The summed E-state index contributed by atoms with van der Waals surface area (Å²) in [5, 5.41) is 19.5. The molecule has 0 bridgehead atoms. The molecule has 6 nitrogen and oxygen atoms in total. The number of aryl methyl sites for hydroxylation is 1. The van der Waals surface area contributed by atoms with Crippen LogP contribution < -0.4 is 0 Å². The Kier molecular flexibility index (Phi) is 4.71. The average molecular weight is 307 g/mol. The topological polar surface area (TPSA) is 87.1 Å². The van der Waals surface area contributed by atoms with Gasteiger partial charge in [-0.3, -0.25) is 9.59 Å². The molecule has 6 heteroatoms. The third kappa shape index (κ3) is 3.06. The molecular weight excluding hydrogens is 286 g/mol. The number of phenols is 1. The number of benzene rings is 1. The fourth-order valence-corrected chi connectivity index (χ4v) is 2.93. The standard InChI is InChI=1S/C16H21NO5/c1-11-4-5-12(13(18)8-11)14(19)17-7-3-6-16(9-17,10-22-2)15(20)21/h4-5,8,18H,3,6-7,9-10H2,1-2H3,(H,20,21). The second-order valence-corrected chi connectivity index (χ2v) is 5.87. The molecule has 0 aliphatic carbocycles. The third-order valence-corrected chi connectivity index (χ3v) is 4.12. The molecule has 0 saturated carbocycles. The molecule has 2 rings (SSSR count). The minimum absolute atomic E-state index is 0.0615. The summed E-state index contributed by atoms with van der Waals surface area (Å²) < 4.78 is 5.05. The molecule has 1 aliphatic heterocycles. The lowest BCUT2D eigenvalue weighted by Gasteiger charge is -2.39. The smallest absolute Gasteiger partial charge is 0.313 e. The number of carboxylic acid groups (broad SMARTS) is 1. The lowest BCUT2D eigenvalue weighted by Crippen LogP contribution is -2.52. The van der Waals surface area contributed by atoms with E-state index < -0.39 is 11.4 Å². The van der Waals surface area contributed by atoms with Crippen LogP contribution in [0.5, 0.6) is 5.75 Å². The Morgan fingerprint density at radius 3 is 2.73 bits per heavy atom. The highest BCUT2D eigenvalue weighted by molar-refractivity contribution is 5.97. The van der Waals surface area contributed by atoms with Gasteiger partial charge in [0.05, 0.1) is 12.2 Å². The van der Waals surface area contributed by atoms with E-state index in [-0.39, 0.29) is 30.4 Å². The highest BCUT2D eigenvalue weighted by Gasteiger charge is 2.44. The third-order valence-electron chi connectivity index (χ3n) is 4.12. The van der Waals surface area contributed by atoms with Gasteiger partial charge in [0.15, 0.2) is 0 Å². The number of phenolic OH excluding ortho intramolecular Hbond substituents is 1. The molecule has 1 heterocycles. The van der Waals surface area contributed by atoms with E-state index in [4.69, 9.17) is 4.74 Å². The minimum Gasteiger partial charge on any atom is -0.507 e. The van der Waals surface area contributed by atoms with Gasteiger partial charge in [-0.25, -0.2) is 0 Å². The maximum absolute atomic E-state index is 12.6. The number of ether oxygens (including phenoxy) is 1. The molecule has 1 saturated heterocycles. The molecule has 1 aromatic rings. The van der Waals surface area contributed by atoms with Gasteiger partial charge >= 0.3 is 5.97 Å². The highest BCUT2D eigenvalue weighted by atomic mass is 16.5. The van der Waals surface area contributed by atoms with Gasteiger partial charge in [0, 0.05) is 20.2 Å². The minimum atomic E-state index is -1.08. The van der Waals surface area contributed by atoms with Crippen LogP contribution in [0.15, 0.2) is 18.2 Å². The summed E-state index contributed by atoms with van der Waals surface area (Å²) in [4.78, 5) is 25.7. The van der Waals surface area contributed by atoms with Crippen molar-refractivity contribution in [3.8, 4) is 5.75 Å². The van der Waals surface area contributed by atoms with Crippen molar-refractivity contribution < 1.29 is 24.5 Å². The van der Waals surface area contributed by atoms with Crippen LogP contribution in [0.1, 0.15) is 28.8 Å². The number of amides is 1. The summed E-state index contributed by atoms with van der Waals surface area (Å²) in [6.07, 6.45) is 1.06. The van der Waals surface area contributed by atoms with Crippen molar-refractivity contribution in [3.05, 3.63) is 29.3 Å². The van der Waals surface area contributed by atoms with Gasteiger partial charge in [0.2, 0.25) is 0 Å². The van der Waals surface area contributed by atoms with E-state index in [0.717, 1.165) is 5.56 Å². The number of carboxylic acids is 1. The number of likely N-dealkylation sites (tertiary alicyclic amines) is 1. The fourth-order valence-electron chi connectivity index (χ4n) is 2.93. The zero-order chi connectivity index (χ0) is 16.3. The first kappa shape index (κ1) is 16.3. The SMILES string of the molecule is COCC1(C(=O)O)CCCN(C(=O)c2ccc(C)cc2O)C1. The van der Waals surface area contributed by atoms with Gasteiger partial charge in [0.1, 0.15) is 11.2 Å². The zero-order valence-electron chi connectivity index (χ0n) is 12.8. The highest BCUT2D eigenvalue weighted by Crippen LogP contribution is 2.32. The van der Waals surface area contributed by atoms with E-state index in [1.807, 2.05) is 6.92 Å². The van der Waals surface area contributed by atoms with Crippen LogP contribution >= 0.6 is 0 Å². The summed E-state index contributed by atoms with van der Waals surface area (Å²) in [7, 11) is 1.46. The van der Waals surface area contributed by atoms with Crippen molar-refractivity contribution in [1.82, 2.24) is 4.90 Å². The van der Waals surface area contributed by atoms with Gasteiger partial charge in [-0.1, -0.05) is 6.07 Å². The first-order valence-corrected chi connectivity index (χ1v) is 7.21. The Balaban J connectivity index is 2.24. The van der Waals surface area contributed by atoms with Crippen molar-refractivity contribution in [2.24, 2.45) is 5.41 Å². The van der Waals surface area contributed by atoms with Crippen LogP contribution in [0.4, 0.5) is 0 Å². The van der Waals surface area contributed by atoms with Gasteiger partial charge in [-0.2, -0.15) is 0 Å². The van der Waals surface area contributed by atoms with Crippen LogP contribution in [0.3, 0.4) is 0 Å². The normalized spacial score (nSPS) is 21.6. The molecule has 1 aliphatic rings. The molecule has 0 spiro atoms. The first-order valence-electron chi connectivity index (χ1n) is 7.21. The molecule has 1 aromatic carbocycles. The Bertz CT molecular complexity index is 582. The number of nitrogens with zero attached hydrogens (tertiary/aromatic N) is 1. The zero-order valence-corrected chi connectivity index (χ0v) is 12.8. The van der Waals surface area contributed by atoms with Crippen LogP contribution in [-0.2, 0) is 9.53 Å². The van der Waals surface area contributed by atoms with Crippen molar-refractivity contribution in [1.29, 1.82) is 0 Å². The molecule has 1 unspecified atom stereocenters. The Morgan fingerprint density at radius 2 is 2.14 bits per heavy atom. The molecular formula is C16H21NO5. The first-order chi connectivity index (χ1) is 10.4. The fraction of sp³-hybridized carbons (Fsp3) is 0.500. The number of rotatable bonds is 4. The molecule has 0 radical (unpaired) electrons. The van der Waals surface area contributed by atoms with Crippen molar-refractivity contribution in [2.45, 2.75) is 19.8 Å². The monoisotopic (exact) mass is 307 g/mol. The van der Waals surface area contributed by atoms with Gasteiger partial charge in [-0.15, -0.1) is 0 Å². The van der Waals surface area contributed by atoms with E-state index in [9.17, 15) is 19.8 Å². The van der Waals surface area contributed by atoms with Crippen molar-refractivity contribution in [2.75, 3.05) is 26.8 Å². The lowest BCUT2D eigenvalue weighted by atomic mass is 9.80. The Morgan fingerprint density at radius 1 is 1.41 bits per heavy atom. The van der Waals surface area contributed by atoms with E-state index in [1.54, 1.807) is 12.1 Å². The van der Waals surface area contributed by atoms with E-state index in [0.29, 0.717) is 19.4 Å². The molecule has 2 N–H and O–H groups in total. The van der Waals surface area contributed by atoms with Crippen molar-refractivity contribution in [3.63, 3.8) is 0 Å². The number of carbonyl (C=O) groups excluding carboxylic acids is 1. The quantitative estimate of drug-likeness (QED) is 0.883. The van der Waals surface area contributed by atoms with E-state index in [1.165, 1.54) is 18.1 Å². The van der Waals surface area contributed by atoms with Crippen LogP contribution in [-0.4, -0.2) is 53.8 Å². The molecule has 1 amide bonds. The lowest BCUT2D eigenvalue weighted by molar-refractivity contribution is -0.155. The second kappa shape index (κ2) is 6.36. The van der Waals surface area contributed by atoms with Gasteiger partial charge < -0.3 is 19.8 Å². The molecule has 22 heavy (non-hydrogen) atoms. The largest absolute Gasteiger partial charge is 0.507 e.